The van der Waals surface area contributed by atoms with Crippen LogP contribution in [0.2, 0.25) is 0 Å². The molecule has 0 fully saturated rings. The van der Waals surface area contributed by atoms with Gasteiger partial charge in [0.15, 0.2) is 6.10 Å². The fraction of sp³-hybridized carbons (Fsp3) is 0.948. The zero-order valence-corrected chi connectivity index (χ0v) is 43.9. The number of hydrogen-bond acceptors (Lipinski definition) is 6. The van der Waals surface area contributed by atoms with Gasteiger partial charge in [-0.15, -0.1) is 0 Å². The Morgan fingerprint density at radius 1 is 0.328 bits per heavy atom. The molecular weight excluding hydrogens is 793 g/mol. The zero-order chi connectivity index (χ0) is 46.8. The molecule has 0 aromatic heterocycles. The number of carbonyl (C=O) groups excluding carboxylic acids is 3. The summed E-state index contributed by atoms with van der Waals surface area (Å²) in [4.78, 5) is 38.1. The Morgan fingerprint density at radius 2 is 0.594 bits per heavy atom. The van der Waals surface area contributed by atoms with Crippen LogP contribution in [0.25, 0.3) is 0 Å². The van der Waals surface area contributed by atoms with E-state index in [-0.39, 0.29) is 31.1 Å². The monoisotopic (exact) mass is 905 g/mol. The first-order valence-electron chi connectivity index (χ1n) is 28.8. The zero-order valence-electron chi connectivity index (χ0n) is 43.9. The minimum absolute atomic E-state index is 0.0628. The van der Waals surface area contributed by atoms with Crippen molar-refractivity contribution in [2.75, 3.05) is 13.2 Å². The standard InChI is InChI=1S/C58H112O6/c1-6-8-9-10-11-12-13-14-15-19-22-28-33-38-43-48-56(59)62-51-55(52-63-57(60)49-44-39-34-29-25-24-26-31-36-41-46-53(3)4)64-58(61)50-45-40-35-30-23-20-17-16-18-21-27-32-37-42-47-54(5)7-2/h53-55H,6-52H2,1-5H3/t54?,55-/m0/s1. The molecule has 0 rings (SSSR count). The molecule has 6 nitrogen and oxygen atoms in total. The molecule has 0 heterocycles. The summed E-state index contributed by atoms with van der Waals surface area (Å²) in [6, 6.07) is 0. The van der Waals surface area contributed by atoms with Crippen molar-refractivity contribution in [2.24, 2.45) is 11.8 Å². The van der Waals surface area contributed by atoms with Gasteiger partial charge in [0.05, 0.1) is 0 Å². The van der Waals surface area contributed by atoms with Crippen LogP contribution in [0.15, 0.2) is 0 Å². The van der Waals surface area contributed by atoms with Crippen LogP contribution < -0.4 is 0 Å². The Kier molecular flexibility index (Phi) is 49.6. The average Bonchev–Trinajstić information content (AvgIpc) is 3.28. The fourth-order valence-corrected chi connectivity index (χ4v) is 8.84. The summed E-state index contributed by atoms with van der Waals surface area (Å²) in [5, 5.41) is 0. The van der Waals surface area contributed by atoms with Crippen LogP contribution in [0, 0.1) is 11.8 Å². The molecule has 0 aromatic rings. The predicted octanol–water partition coefficient (Wildman–Crippen LogP) is 18.9. The third kappa shape index (κ3) is 49.8. The molecule has 0 aliphatic heterocycles. The van der Waals surface area contributed by atoms with Gasteiger partial charge in [0.2, 0.25) is 0 Å². The minimum atomic E-state index is -0.763. The molecule has 1 unspecified atom stereocenters. The number of rotatable bonds is 52. The van der Waals surface area contributed by atoms with Crippen molar-refractivity contribution in [3.8, 4) is 0 Å². The van der Waals surface area contributed by atoms with Crippen LogP contribution in [0.1, 0.15) is 324 Å². The summed E-state index contributed by atoms with van der Waals surface area (Å²) < 4.78 is 16.9. The highest BCUT2D eigenvalue weighted by atomic mass is 16.6. The summed E-state index contributed by atoms with van der Waals surface area (Å²) in [5.41, 5.74) is 0. The van der Waals surface area contributed by atoms with Gasteiger partial charge in [0.1, 0.15) is 13.2 Å². The van der Waals surface area contributed by atoms with E-state index in [0.717, 1.165) is 69.6 Å². The summed E-state index contributed by atoms with van der Waals surface area (Å²) >= 11 is 0. The first-order valence-corrected chi connectivity index (χ1v) is 28.8. The van der Waals surface area contributed by atoms with Gasteiger partial charge in [-0.1, -0.05) is 285 Å². The SMILES string of the molecule is CCCCCCCCCCCCCCCCCC(=O)OC[C@@H](COC(=O)CCCCCCCCCCCCC(C)C)OC(=O)CCCCCCCCCCCCCCCCC(C)CC. The lowest BCUT2D eigenvalue weighted by atomic mass is 9.99. The first kappa shape index (κ1) is 62.4. The van der Waals surface area contributed by atoms with Crippen LogP contribution in [0.3, 0.4) is 0 Å². The third-order valence-electron chi connectivity index (χ3n) is 13.6. The fourth-order valence-electron chi connectivity index (χ4n) is 8.84. The van der Waals surface area contributed by atoms with E-state index in [4.69, 9.17) is 14.2 Å². The molecule has 380 valence electrons. The molecule has 6 heteroatoms. The van der Waals surface area contributed by atoms with Crippen LogP contribution in [-0.2, 0) is 28.6 Å². The Morgan fingerprint density at radius 3 is 0.891 bits per heavy atom. The van der Waals surface area contributed by atoms with Crippen LogP contribution >= 0.6 is 0 Å². The van der Waals surface area contributed by atoms with Gasteiger partial charge in [-0.05, 0) is 31.1 Å². The van der Waals surface area contributed by atoms with Crippen LogP contribution in [0.5, 0.6) is 0 Å². The highest BCUT2D eigenvalue weighted by Crippen LogP contribution is 2.18. The van der Waals surface area contributed by atoms with Gasteiger partial charge >= 0.3 is 17.9 Å². The Hall–Kier alpha value is -1.59. The lowest BCUT2D eigenvalue weighted by Gasteiger charge is -2.18. The van der Waals surface area contributed by atoms with E-state index in [1.165, 1.54) is 212 Å². The number of esters is 3. The normalized spacial score (nSPS) is 12.5. The Balaban J connectivity index is 4.30. The van der Waals surface area contributed by atoms with E-state index in [2.05, 4.69) is 34.6 Å². The second kappa shape index (κ2) is 50.8. The number of ether oxygens (including phenoxy) is 3. The molecule has 0 aliphatic carbocycles. The molecule has 64 heavy (non-hydrogen) atoms. The molecule has 2 atom stereocenters. The molecular formula is C58H112O6. The van der Waals surface area contributed by atoms with Gasteiger partial charge in [-0.2, -0.15) is 0 Å². The average molecular weight is 906 g/mol. The van der Waals surface area contributed by atoms with Crippen LogP contribution in [0.4, 0.5) is 0 Å². The second-order valence-electron chi connectivity index (χ2n) is 20.6. The van der Waals surface area contributed by atoms with Crippen molar-refractivity contribution in [1.82, 2.24) is 0 Å². The number of unbranched alkanes of at least 4 members (excludes halogenated alkanes) is 36. The van der Waals surface area contributed by atoms with Crippen LogP contribution in [-0.4, -0.2) is 37.2 Å². The maximum Gasteiger partial charge on any atom is 0.306 e. The van der Waals surface area contributed by atoms with Crippen molar-refractivity contribution in [3.63, 3.8) is 0 Å². The molecule has 0 spiro atoms. The topological polar surface area (TPSA) is 78.9 Å². The van der Waals surface area contributed by atoms with E-state index in [1.807, 2.05) is 0 Å². The van der Waals surface area contributed by atoms with Crippen molar-refractivity contribution in [1.29, 1.82) is 0 Å². The van der Waals surface area contributed by atoms with Gasteiger partial charge in [-0.3, -0.25) is 14.4 Å². The quantitative estimate of drug-likeness (QED) is 0.0344. The Labute approximate surface area is 399 Å². The van der Waals surface area contributed by atoms with Gasteiger partial charge < -0.3 is 14.2 Å². The van der Waals surface area contributed by atoms with Gasteiger partial charge in [-0.25, -0.2) is 0 Å². The van der Waals surface area contributed by atoms with Crippen molar-refractivity contribution < 1.29 is 28.6 Å². The van der Waals surface area contributed by atoms with E-state index in [9.17, 15) is 14.4 Å². The molecule has 0 amide bonds. The third-order valence-corrected chi connectivity index (χ3v) is 13.6. The van der Waals surface area contributed by atoms with Gasteiger partial charge in [0.25, 0.3) is 0 Å². The van der Waals surface area contributed by atoms with Crippen molar-refractivity contribution in [2.45, 2.75) is 330 Å². The lowest BCUT2D eigenvalue weighted by Crippen LogP contribution is -2.30. The molecule has 0 bridgehead atoms. The summed E-state index contributed by atoms with van der Waals surface area (Å²) in [5.74, 6) is 0.873. The van der Waals surface area contributed by atoms with E-state index in [0.29, 0.717) is 19.3 Å². The summed E-state index contributed by atoms with van der Waals surface area (Å²) in [6.45, 7) is 11.4. The molecule has 0 saturated carbocycles. The summed E-state index contributed by atoms with van der Waals surface area (Å²) in [6.07, 6.45) is 53.7. The Bertz CT molecular complexity index is 980. The minimum Gasteiger partial charge on any atom is -0.462 e. The highest BCUT2D eigenvalue weighted by molar-refractivity contribution is 5.71. The number of hydrogen-bond donors (Lipinski definition) is 0. The lowest BCUT2D eigenvalue weighted by molar-refractivity contribution is -0.167. The first-order chi connectivity index (χ1) is 31.3. The maximum absolute atomic E-state index is 12.9. The number of carbonyl (C=O) groups is 3. The van der Waals surface area contributed by atoms with Gasteiger partial charge in [0, 0.05) is 19.3 Å². The molecule has 0 radical (unpaired) electrons. The molecule has 0 aromatic carbocycles. The highest BCUT2D eigenvalue weighted by Gasteiger charge is 2.19. The maximum atomic E-state index is 12.9. The predicted molar refractivity (Wildman–Crippen MR) is 275 cm³/mol. The smallest absolute Gasteiger partial charge is 0.306 e. The van der Waals surface area contributed by atoms with Crippen molar-refractivity contribution >= 4 is 17.9 Å². The van der Waals surface area contributed by atoms with E-state index >= 15 is 0 Å². The molecule has 0 N–H and O–H groups in total. The van der Waals surface area contributed by atoms with Crippen molar-refractivity contribution in [3.05, 3.63) is 0 Å². The van der Waals surface area contributed by atoms with E-state index < -0.39 is 6.10 Å². The molecule has 0 saturated heterocycles. The largest absolute Gasteiger partial charge is 0.462 e. The summed E-state index contributed by atoms with van der Waals surface area (Å²) in [7, 11) is 0. The van der Waals surface area contributed by atoms with E-state index in [1.54, 1.807) is 0 Å². The molecule has 0 aliphatic rings. The second-order valence-corrected chi connectivity index (χ2v) is 20.6.